The summed E-state index contributed by atoms with van der Waals surface area (Å²) in [5.74, 6) is 0.904. The number of piperazine rings is 1. The predicted octanol–water partition coefficient (Wildman–Crippen LogP) is 1.90. The molecule has 1 saturated heterocycles. The second-order valence-corrected chi connectivity index (χ2v) is 6.52. The van der Waals surface area contributed by atoms with E-state index in [2.05, 4.69) is 70.6 Å². The molecule has 2 N–H and O–H groups in total. The Morgan fingerprint density at radius 1 is 1.00 bits per heavy atom. The molecule has 0 saturated carbocycles. The lowest BCUT2D eigenvalue weighted by Gasteiger charge is -2.32. The summed E-state index contributed by atoms with van der Waals surface area (Å²) in [5, 5.41) is 6.62. The summed E-state index contributed by atoms with van der Waals surface area (Å²) >= 11 is 0. The van der Waals surface area contributed by atoms with Crippen LogP contribution in [-0.2, 0) is 13.1 Å². The van der Waals surface area contributed by atoms with E-state index in [0.717, 1.165) is 45.1 Å². The minimum atomic E-state index is 0.716. The van der Waals surface area contributed by atoms with E-state index in [1.807, 2.05) is 0 Å². The van der Waals surface area contributed by atoms with Gasteiger partial charge in [0.15, 0.2) is 5.96 Å². The number of likely N-dealkylation sites (N-methyl/N-ethyl adjacent to an activating group) is 1. The number of nitrogens with zero attached hydrogens (tertiary/aromatic N) is 3. The van der Waals surface area contributed by atoms with Gasteiger partial charge in [-0.25, -0.2) is 4.99 Å². The average Bonchev–Trinajstić information content (AvgIpc) is 2.60. The van der Waals surface area contributed by atoms with Crippen molar-refractivity contribution in [1.29, 1.82) is 0 Å². The lowest BCUT2D eigenvalue weighted by molar-refractivity contribution is 0.148. The number of hydrogen-bond donors (Lipinski definition) is 2. The maximum absolute atomic E-state index is 4.65. The van der Waals surface area contributed by atoms with Crippen molar-refractivity contribution < 1.29 is 0 Å². The van der Waals surface area contributed by atoms with E-state index in [1.54, 1.807) is 0 Å². The standard InChI is InChI=1S/C19H33N5/c1-4-10-21-19(20-5-2)22-15-17-6-8-18(9-7-17)16-24-13-11-23(3)12-14-24/h6-9H,4-5,10-16H2,1-3H3,(H2,20,21,22). The van der Waals surface area contributed by atoms with Gasteiger partial charge in [-0.1, -0.05) is 31.2 Å². The highest BCUT2D eigenvalue weighted by molar-refractivity contribution is 5.79. The van der Waals surface area contributed by atoms with Gasteiger partial charge in [0.2, 0.25) is 0 Å². The fraction of sp³-hybridized carbons (Fsp3) is 0.632. The van der Waals surface area contributed by atoms with E-state index in [9.17, 15) is 0 Å². The molecule has 5 nitrogen and oxygen atoms in total. The molecule has 1 aromatic carbocycles. The van der Waals surface area contributed by atoms with Crippen LogP contribution in [0.15, 0.2) is 29.3 Å². The Labute approximate surface area is 147 Å². The van der Waals surface area contributed by atoms with Gasteiger partial charge in [0.25, 0.3) is 0 Å². The Kier molecular flexibility index (Phi) is 8.05. The van der Waals surface area contributed by atoms with Gasteiger partial charge in [-0.3, -0.25) is 4.90 Å². The van der Waals surface area contributed by atoms with Crippen molar-refractivity contribution in [3.05, 3.63) is 35.4 Å². The quantitative estimate of drug-likeness (QED) is 0.592. The lowest BCUT2D eigenvalue weighted by Crippen LogP contribution is -2.43. The Morgan fingerprint density at radius 3 is 2.29 bits per heavy atom. The number of hydrogen-bond acceptors (Lipinski definition) is 3. The normalized spacial score (nSPS) is 17.0. The minimum absolute atomic E-state index is 0.716. The summed E-state index contributed by atoms with van der Waals surface area (Å²) in [6.45, 7) is 12.5. The van der Waals surface area contributed by atoms with Gasteiger partial charge in [0, 0.05) is 45.8 Å². The molecule has 1 aliphatic rings. The van der Waals surface area contributed by atoms with Crippen LogP contribution in [0.2, 0.25) is 0 Å². The van der Waals surface area contributed by atoms with Crippen LogP contribution >= 0.6 is 0 Å². The number of nitrogens with one attached hydrogen (secondary N) is 2. The van der Waals surface area contributed by atoms with E-state index in [-0.39, 0.29) is 0 Å². The highest BCUT2D eigenvalue weighted by Gasteiger charge is 2.13. The fourth-order valence-corrected chi connectivity index (χ4v) is 2.77. The summed E-state index contributed by atoms with van der Waals surface area (Å²) in [7, 11) is 2.20. The minimum Gasteiger partial charge on any atom is -0.357 e. The molecular formula is C19H33N5. The Hall–Kier alpha value is -1.59. The van der Waals surface area contributed by atoms with E-state index in [0.29, 0.717) is 6.54 Å². The van der Waals surface area contributed by atoms with Crippen LogP contribution in [0, 0.1) is 0 Å². The van der Waals surface area contributed by atoms with Crippen LogP contribution in [0.25, 0.3) is 0 Å². The molecule has 0 atom stereocenters. The van der Waals surface area contributed by atoms with E-state index < -0.39 is 0 Å². The van der Waals surface area contributed by atoms with Crippen LogP contribution in [0.1, 0.15) is 31.4 Å². The molecule has 5 heteroatoms. The zero-order valence-corrected chi connectivity index (χ0v) is 15.5. The van der Waals surface area contributed by atoms with Gasteiger partial charge >= 0.3 is 0 Å². The molecule has 1 aromatic rings. The molecule has 0 aromatic heterocycles. The molecule has 0 amide bonds. The highest BCUT2D eigenvalue weighted by atomic mass is 15.2. The molecule has 1 fully saturated rings. The number of rotatable bonds is 7. The summed E-state index contributed by atoms with van der Waals surface area (Å²) < 4.78 is 0. The van der Waals surface area contributed by atoms with Crippen molar-refractivity contribution in [2.45, 2.75) is 33.4 Å². The monoisotopic (exact) mass is 331 g/mol. The Morgan fingerprint density at radius 2 is 1.67 bits per heavy atom. The van der Waals surface area contributed by atoms with Crippen molar-refractivity contribution in [3.63, 3.8) is 0 Å². The first kappa shape index (κ1) is 18.7. The van der Waals surface area contributed by atoms with Gasteiger partial charge < -0.3 is 15.5 Å². The van der Waals surface area contributed by atoms with Crippen molar-refractivity contribution in [2.75, 3.05) is 46.3 Å². The molecule has 0 unspecified atom stereocenters. The van der Waals surface area contributed by atoms with E-state index >= 15 is 0 Å². The van der Waals surface area contributed by atoms with Crippen molar-refractivity contribution in [2.24, 2.45) is 4.99 Å². The SMILES string of the molecule is CCCNC(=NCc1ccc(CN2CCN(C)CC2)cc1)NCC. The zero-order valence-electron chi connectivity index (χ0n) is 15.5. The van der Waals surface area contributed by atoms with Crippen LogP contribution in [0.4, 0.5) is 0 Å². The molecule has 1 aliphatic heterocycles. The molecular weight excluding hydrogens is 298 g/mol. The van der Waals surface area contributed by atoms with E-state index in [1.165, 1.54) is 24.2 Å². The summed E-state index contributed by atoms with van der Waals surface area (Å²) in [5.41, 5.74) is 2.65. The molecule has 2 rings (SSSR count). The van der Waals surface area contributed by atoms with Gasteiger partial charge in [-0.15, -0.1) is 0 Å². The fourth-order valence-electron chi connectivity index (χ4n) is 2.77. The second kappa shape index (κ2) is 10.3. The van der Waals surface area contributed by atoms with Crippen LogP contribution in [-0.4, -0.2) is 62.1 Å². The van der Waals surface area contributed by atoms with Crippen molar-refractivity contribution >= 4 is 5.96 Å². The maximum Gasteiger partial charge on any atom is 0.191 e. The molecule has 0 spiro atoms. The Balaban J connectivity index is 1.84. The van der Waals surface area contributed by atoms with E-state index in [4.69, 9.17) is 0 Å². The largest absolute Gasteiger partial charge is 0.357 e. The number of guanidine groups is 1. The number of benzene rings is 1. The molecule has 1 heterocycles. The average molecular weight is 332 g/mol. The second-order valence-electron chi connectivity index (χ2n) is 6.52. The van der Waals surface area contributed by atoms with Crippen LogP contribution < -0.4 is 10.6 Å². The van der Waals surface area contributed by atoms with Gasteiger partial charge in [-0.2, -0.15) is 0 Å². The third-order valence-electron chi connectivity index (χ3n) is 4.33. The smallest absolute Gasteiger partial charge is 0.191 e. The Bertz CT molecular complexity index is 489. The van der Waals surface area contributed by atoms with Crippen molar-refractivity contribution in [3.8, 4) is 0 Å². The number of aliphatic imine (C=N–C) groups is 1. The summed E-state index contributed by atoms with van der Waals surface area (Å²) in [4.78, 5) is 9.58. The van der Waals surface area contributed by atoms with Gasteiger partial charge in [0.05, 0.1) is 6.54 Å². The highest BCUT2D eigenvalue weighted by Crippen LogP contribution is 2.10. The molecule has 0 aliphatic carbocycles. The zero-order chi connectivity index (χ0) is 17.2. The lowest BCUT2D eigenvalue weighted by atomic mass is 10.1. The summed E-state index contributed by atoms with van der Waals surface area (Å²) in [6, 6.07) is 8.90. The molecule has 0 radical (unpaired) electrons. The molecule has 24 heavy (non-hydrogen) atoms. The molecule has 134 valence electrons. The third-order valence-corrected chi connectivity index (χ3v) is 4.33. The first-order valence-electron chi connectivity index (χ1n) is 9.22. The summed E-state index contributed by atoms with van der Waals surface area (Å²) in [6.07, 6.45) is 1.10. The third kappa shape index (κ3) is 6.49. The van der Waals surface area contributed by atoms with Gasteiger partial charge in [0.1, 0.15) is 0 Å². The van der Waals surface area contributed by atoms with Crippen LogP contribution in [0.3, 0.4) is 0 Å². The first-order valence-corrected chi connectivity index (χ1v) is 9.22. The van der Waals surface area contributed by atoms with Gasteiger partial charge in [-0.05, 0) is 31.5 Å². The van der Waals surface area contributed by atoms with Crippen LogP contribution in [0.5, 0.6) is 0 Å². The first-order chi connectivity index (χ1) is 11.7. The molecule has 0 bridgehead atoms. The predicted molar refractivity (Wildman–Crippen MR) is 102 cm³/mol. The topological polar surface area (TPSA) is 42.9 Å². The van der Waals surface area contributed by atoms with Crippen molar-refractivity contribution in [1.82, 2.24) is 20.4 Å². The maximum atomic E-state index is 4.65.